The molecule has 4 rings (SSSR count). The summed E-state index contributed by atoms with van der Waals surface area (Å²) in [5, 5.41) is 0. The van der Waals surface area contributed by atoms with E-state index in [-0.39, 0.29) is 17.7 Å². The minimum absolute atomic E-state index is 0.0810. The summed E-state index contributed by atoms with van der Waals surface area (Å²) in [6.07, 6.45) is 8.13. The normalized spacial score (nSPS) is 19.8. The van der Waals surface area contributed by atoms with Gasteiger partial charge in [0.05, 0.1) is 12.1 Å². The number of carbonyl (C=O) groups is 2. The van der Waals surface area contributed by atoms with Crippen LogP contribution in [0, 0.1) is 5.92 Å². The standard InChI is InChI=1S/C23H29N5O2/c29-22-9-8-20(18-28(22)12-4-7-19-5-2-1-3-6-19)23(30)27-15-13-26(14-16-27)21-17-24-10-11-25-21/h1-3,5-6,10-11,17,20H,4,7-9,12-16,18H2. The molecule has 7 nitrogen and oxygen atoms in total. The molecule has 0 saturated carbocycles. The number of rotatable bonds is 6. The Balaban J connectivity index is 1.26. The van der Waals surface area contributed by atoms with Gasteiger partial charge in [-0.3, -0.25) is 14.6 Å². The highest BCUT2D eigenvalue weighted by Gasteiger charge is 2.33. The molecular weight excluding hydrogens is 378 g/mol. The fraction of sp³-hybridized carbons (Fsp3) is 0.478. The maximum Gasteiger partial charge on any atom is 0.227 e. The molecule has 2 fully saturated rings. The maximum absolute atomic E-state index is 13.1. The quantitative estimate of drug-likeness (QED) is 0.733. The molecule has 1 atom stereocenters. The van der Waals surface area contributed by atoms with Crippen LogP contribution in [0.4, 0.5) is 5.82 Å². The molecule has 0 aliphatic carbocycles. The van der Waals surface area contributed by atoms with E-state index in [9.17, 15) is 9.59 Å². The Labute approximate surface area is 177 Å². The monoisotopic (exact) mass is 407 g/mol. The van der Waals surface area contributed by atoms with Crippen molar-refractivity contribution in [3.8, 4) is 0 Å². The van der Waals surface area contributed by atoms with Crippen molar-refractivity contribution >= 4 is 17.6 Å². The third-order valence-corrected chi connectivity index (χ3v) is 6.05. The average molecular weight is 408 g/mol. The van der Waals surface area contributed by atoms with Crippen molar-refractivity contribution in [1.82, 2.24) is 19.8 Å². The average Bonchev–Trinajstić information content (AvgIpc) is 2.81. The van der Waals surface area contributed by atoms with E-state index in [1.165, 1.54) is 5.56 Å². The largest absolute Gasteiger partial charge is 0.352 e. The summed E-state index contributed by atoms with van der Waals surface area (Å²) in [7, 11) is 0. The number of benzene rings is 1. The van der Waals surface area contributed by atoms with E-state index < -0.39 is 0 Å². The number of likely N-dealkylation sites (tertiary alicyclic amines) is 1. The number of aromatic nitrogens is 2. The van der Waals surface area contributed by atoms with Crippen LogP contribution in [0.2, 0.25) is 0 Å². The summed E-state index contributed by atoms with van der Waals surface area (Å²) in [6, 6.07) is 10.3. The molecule has 0 radical (unpaired) electrons. The second kappa shape index (κ2) is 9.69. The Bertz CT molecular complexity index is 837. The van der Waals surface area contributed by atoms with Gasteiger partial charge in [-0.25, -0.2) is 4.98 Å². The first kappa shape index (κ1) is 20.3. The Kier molecular flexibility index (Phi) is 6.57. The number of hydrogen-bond donors (Lipinski definition) is 0. The van der Waals surface area contributed by atoms with E-state index in [0.717, 1.165) is 38.3 Å². The van der Waals surface area contributed by atoms with Crippen molar-refractivity contribution in [1.29, 1.82) is 0 Å². The fourth-order valence-electron chi connectivity index (χ4n) is 4.32. The van der Waals surface area contributed by atoms with Crippen LogP contribution >= 0.6 is 0 Å². The number of aryl methyl sites for hydroxylation is 1. The number of amides is 2. The zero-order valence-corrected chi connectivity index (χ0v) is 17.3. The topological polar surface area (TPSA) is 69.6 Å². The van der Waals surface area contributed by atoms with Crippen molar-refractivity contribution in [3.05, 3.63) is 54.5 Å². The molecular formula is C23H29N5O2. The lowest BCUT2D eigenvalue weighted by atomic mass is 9.95. The number of piperazine rings is 1. The van der Waals surface area contributed by atoms with Gasteiger partial charge in [0.1, 0.15) is 5.82 Å². The van der Waals surface area contributed by atoms with Crippen LogP contribution in [-0.2, 0) is 16.0 Å². The summed E-state index contributed by atoms with van der Waals surface area (Å²) in [5.74, 6) is 1.15. The molecule has 30 heavy (non-hydrogen) atoms. The van der Waals surface area contributed by atoms with Gasteiger partial charge >= 0.3 is 0 Å². The Hall–Kier alpha value is -2.96. The maximum atomic E-state index is 13.1. The van der Waals surface area contributed by atoms with Crippen molar-refractivity contribution in [2.45, 2.75) is 25.7 Å². The SMILES string of the molecule is O=C1CCC(C(=O)N2CCN(c3cnccn3)CC2)CN1CCCc1ccccc1. The van der Waals surface area contributed by atoms with Crippen LogP contribution in [0.5, 0.6) is 0 Å². The Morgan fingerprint density at radius 1 is 1.07 bits per heavy atom. The van der Waals surface area contributed by atoms with E-state index in [2.05, 4.69) is 27.0 Å². The first-order valence-corrected chi connectivity index (χ1v) is 10.8. The lowest BCUT2D eigenvalue weighted by Gasteiger charge is -2.39. The summed E-state index contributed by atoms with van der Waals surface area (Å²) in [5.41, 5.74) is 1.29. The molecule has 158 valence electrons. The summed E-state index contributed by atoms with van der Waals surface area (Å²) >= 11 is 0. The zero-order valence-electron chi connectivity index (χ0n) is 17.3. The highest BCUT2D eigenvalue weighted by Crippen LogP contribution is 2.22. The van der Waals surface area contributed by atoms with Crippen molar-refractivity contribution < 1.29 is 9.59 Å². The van der Waals surface area contributed by atoms with Gasteiger partial charge in [0.15, 0.2) is 0 Å². The van der Waals surface area contributed by atoms with Crippen LogP contribution in [0.1, 0.15) is 24.8 Å². The number of anilines is 1. The lowest BCUT2D eigenvalue weighted by molar-refractivity contribution is -0.143. The van der Waals surface area contributed by atoms with Crippen LogP contribution in [0.3, 0.4) is 0 Å². The van der Waals surface area contributed by atoms with E-state index in [0.29, 0.717) is 32.5 Å². The third-order valence-electron chi connectivity index (χ3n) is 6.05. The number of hydrogen-bond acceptors (Lipinski definition) is 5. The Morgan fingerprint density at radius 3 is 2.60 bits per heavy atom. The number of carbonyl (C=O) groups excluding carboxylic acids is 2. The Morgan fingerprint density at radius 2 is 1.87 bits per heavy atom. The highest BCUT2D eigenvalue weighted by molar-refractivity contribution is 5.84. The molecule has 2 aliphatic rings. The van der Waals surface area contributed by atoms with Gasteiger partial charge in [-0.1, -0.05) is 30.3 Å². The number of piperidine rings is 1. The van der Waals surface area contributed by atoms with Gasteiger partial charge in [-0.2, -0.15) is 0 Å². The van der Waals surface area contributed by atoms with Crippen LogP contribution < -0.4 is 4.90 Å². The molecule has 0 bridgehead atoms. The lowest BCUT2D eigenvalue weighted by Crippen LogP contribution is -2.53. The van der Waals surface area contributed by atoms with Crippen molar-refractivity contribution in [3.63, 3.8) is 0 Å². The summed E-state index contributed by atoms with van der Waals surface area (Å²) in [6.45, 7) is 4.17. The fourth-order valence-corrected chi connectivity index (χ4v) is 4.32. The van der Waals surface area contributed by atoms with E-state index in [1.807, 2.05) is 28.0 Å². The molecule has 2 aromatic rings. The van der Waals surface area contributed by atoms with Crippen molar-refractivity contribution in [2.75, 3.05) is 44.2 Å². The van der Waals surface area contributed by atoms with Gasteiger partial charge in [-0.05, 0) is 24.8 Å². The van der Waals surface area contributed by atoms with E-state index >= 15 is 0 Å². The molecule has 2 aliphatic heterocycles. The molecule has 1 aromatic heterocycles. The third kappa shape index (κ3) is 4.96. The molecule has 0 spiro atoms. The number of nitrogens with zero attached hydrogens (tertiary/aromatic N) is 5. The molecule has 3 heterocycles. The minimum Gasteiger partial charge on any atom is -0.352 e. The molecule has 0 N–H and O–H groups in total. The van der Waals surface area contributed by atoms with Crippen LogP contribution in [0.25, 0.3) is 0 Å². The van der Waals surface area contributed by atoms with Gasteiger partial charge in [0.2, 0.25) is 11.8 Å². The molecule has 2 saturated heterocycles. The molecule has 7 heteroatoms. The molecule has 1 aromatic carbocycles. The van der Waals surface area contributed by atoms with Gasteiger partial charge < -0.3 is 14.7 Å². The van der Waals surface area contributed by atoms with Gasteiger partial charge in [0.25, 0.3) is 0 Å². The summed E-state index contributed by atoms with van der Waals surface area (Å²) < 4.78 is 0. The highest BCUT2D eigenvalue weighted by atomic mass is 16.2. The first-order chi connectivity index (χ1) is 14.7. The second-order valence-corrected chi connectivity index (χ2v) is 8.04. The minimum atomic E-state index is -0.0810. The second-order valence-electron chi connectivity index (χ2n) is 8.04. The summed E-state index contributed by atoms with van der Waals surface area (Å²) in [4.78, 5) is 39.9. The molecule has 2 amide bonds. The van der Waals surface area contributed by atoms with Crippen LogP contribution in [-0.4, -0.2) is 70.9 Å². The van der Waals surface area contributed by atoms with Crippen molar-refractivity contribution in [2.24, 2.45) is 5.92 Å². The first-order valence-electron chi connectivity index (χ1n) is 10.8. The predicted octanol–water partition coefficient (Wildman–Crippen LogP) is 2.00. The van der Waals surface area contributed by atoms with E-state index in [1.54, 1.807) is 18.6 Å². The van der Waals surface area contributed by atoms with Gasteiger partial charge in [0, 0.05) is 58.1 Å². The molecule has 1 unspecified atom stereocenters. The zero-order chi connectivity index (χ0) is 20.8. The predicted molar refractivity (Wildman–Crippen MR) is 115 cm³/mol. The smallest absolute Gasteiger partial charge is 0.227 e. The van der Waals surface area contributed by atoms with E-state index in [4.69, 9.17) is 0 Å². The van der Waals surface area contributed by atoms with Crippen LogP contribution in [0.15, 0.2) is 48.9 Å². The van der Waals surface area contributed by atoms with Gasteiger partial charge in [-0.15, -0.1) is 0 Å².